The Kier molecular flexibility index (Phi) is 10.2. The van der Waals surface area contributed by atoms with Crippen LogP contribution in [-0.4, -0.2) is 32.4 Å². The van der Waals surface area contributed by atoms with E-state index in [1.165, 1.54) is 13.3 Å². The molecular formula is C27H26BrClN2O5. The first kappa shape index (κ1) is 27.1. The highest BCUT2D eigenvalue weighted by Gasteiger charge is 2.13. The van der Waals surface area contributed by atoms with Crippen molar-refractivity contribution in [3.63, 3.8) is 0 Å². The minimum Gasteiger partial charge on any atom is -0.493 e. The number of nitrogens with one attached hydrogen (secondary N) is 1. The second kappa shape index (κ2) is 13.6. The van der Waals surface area contributed by atoms with Gasteiger partial charge in [0.15, 0.2) is 23.0 Å². The van der Waals surface area contributed by atoms with Crippen LogP contribution >= 0.6 is 27.5 Å². The number of hydrazone groups is 1. The maximum atomic E-state index is 12.6. The van der Waals surface area contributed by atoms with Gasteiger partial charge in [0.1, 0.15) is 13.2 Å². The smallest absolute Gasteiger partial charge is 0.271 e. The predicted molar refractivity (Wildman–Crippen MR) is 145 cm³/mol. The van der Waals surface area contributed by atoms with Crippen molar-refractivity contribution < 1.29 is 23.7 Å². The molecule has 1 N–H and O–H groups in total. The summed E-state index contributed by atoms with van der Waals surface area (Å²) in [6.07, 6.45) is 3.10. The molecule has 9 heteroatoms. The number of carbonyl (C=O) groups is 1. The first-order valence-corrected chi connectivity index (χ1v) is 12.2. The van der Waals surface area contributed by atoms with Gasteiger partial charge < -0.3 is 18.9 Å². The topological polar surface area (TPSA) is 78.4 Å². The van der Waals surface area contributed by atoms with E-state index in [1.54, 1.807) is 36.4 Å². The Hall–Kier alpha value is -3.49. The number of rotatable bonds is 12. The molecule has 3 aromatic carbocycles. The van der Waals surface area contributed by atoms with Crippen LogP contribution in [0.2, 0.25) is 5.02 Å². The molecule has 0 saturated heterocycles. The van der Waals surface area contributed by atoms with Crippen LogP contribution in [0.15, 0.2) is 76.8 Å². The fraction of sp³-hybridized carbons (Fsp3) is 0.185. The maximum absolute atomic E-state index is 12.6. The van der Waals surface area contributed by atoms with E-state index in [0.29, 0.717) is 59.0 Å². The Balaban J connectivity index is 1.68. The summed E-state index contributed by atoms with van der Waals surface area (Å²) in [6, 6.07) is 16.1. The average Bonchev–Trinajstić information content (AvgIpc) is 2.88. The first-order valence-electron chi connectivity index (χ1n) is 11.0. The zero-order valence-electron chi connectivity index (χ0n) is 19.9. The highest BCUT2D eigenvalue weighted by atomic mass is 79.9. The number of ether oxygens (including phenoxy) is 4. The SMILES string of the molecule is C=CCOc1ccc(C(=O)N/N=C/c2cc(Cl)c(OCc3ccc(Br)cc3)c(OC)c2)cc1OCC. The van der Waals surface area contributed by atoms with Gasteiger partial charge in [-0.15, -0.1) is 0 Å². The van der Waals surface area contributed by atoms with Crippen LogP contribution in [0.3, 0.4) is 0 Å². The molecule has 1 amide bonds. The van der Waals surface area contributed by atoms with Crippen LogP contribution in [0.25, 0.3) is 0 Å². The molecule has 0 aromatic heterocycles. The van der Waals surface area contributed by atoms with Gasteiger partial charge in [-0.25, -0.2) is 5.43 Å². The molecule has 0 spiro atoms. The molecule has 0 bridgehead atoms. The minimum absolute atomic E-state index is 0.327. The highest BCUT2D eigenvalue weighted by molar-refractivity contribution is 9.10. The maximum Gasteiger partial charge on any atom is 0.271 e. The van der Waals surface area contributed by atoms with Crippen molar-refractivity contribution in [2.75, 3.05) is 20.3 Å². The van der Waals surface area contributed by atoms with Crippen molar-refractivity contribution in [1.82, 2.24) is 5.43 Å². The third kappa shape index (κ3) is 7.50. The lowest BCUT2D eigenvalue weighted by molar-refractivity contribution is 0.0954. The van der Waals surface area contributed by atoms with Crippen molar-refractivity contribution in [2.45, 2.75) is 13.5 Å². The number of hydrogen-bond donors (Lipinski definition) is 1. The molecule has 0 radical (unpaired) electrons. The predicted octanol–water partition coefficient (Wildman–Crippen LogP) is 6.42. The molecule has 36 heavy (non-hydrogen) atoms. The van der Waals surface area contributed by atoms with Gasteiger partial charge in [0.05, 0.1) is 25.0 Å². The van der Waals surface area contributed by atoms with Crippen molar-refractivity contribution in [1.29, 1.82) is 0 Å². The number of carbonyl (C=O) groups excluding carboxylic acids is 1. The summed E-state index contributed by atoms with van der Waals surface area (Å²) in [6.45, 7) is 6.57. The van der Waals surface area contributed by atoms with E-state index in [4.69, 9.17) is 30.5 Å². The van der Waals surface area contributed by atoms with Crippen molar-refractivity contribution in [2.24, 2.45) is 5.10 Å². The zero-order valence-corrected chi connectivity index (χ0v) is 22.3. The summed E-state index contributed by atoms with van der Waals surface area (Å²) in [4.78, 5) is 12.6. The van der Waals surface area contributed by atoms with E-state index >= 15 is 0 Å². The van der Waals surface area contributed by atoms with Gasteiger partial charge >= 0.3 is 0 Å². The molecule has 3 aromatic rings. The van der Waals surface area contributed by atoms with Crippen molar-refractivity contribution in [3.8, 4) is 23.0 Å². The van der Waals surface area contributed by atoms with Crippen LogP contribution in [0, 0.1) is 0 Å². The van der Waals surface area contributed by atoms with Gasteiger partial charge in [0.25, 0.3) is 5.91 Å². The van der Waals surface area contributed by atoms with Crippen LogP contribution in [-0.2, 0) is 6.61 Å². The summed E-state index contributed by atoms with van der Waals surface area (Å²) in [5.41, 5.74) is 4.48. The van der Waals surface area contributed by atoms with Crippen LogP contribution in [0.4, 0.5) is 0 Å². The molecule has 0 atom stereocenters. The Morgan fingerprint density at radius 1 is 1.06 bits per heavy atom. The summed E-state index contributed by atoms with van der Waals surface area (Å²) in [7, 11) is 1.53. The summed E-state index contributed by atoms with van der Waals surface area (Å²) in [5.74, 6) is 1.46. The largest absolute Gasteiger partial charge is 0.493 e. The molecule has 0 aliphatic rings. The van der Waals surface area contributed by atoms with Gasteiger partial charge in [-0.1, -0.05) is 52.3 Å². The lowest BCUT2D eigenvalue weighted by Crippen LogP contribution is -2.17. The summed E-state index contributed by atoms with van der Waals surface area (Å²) < 4.78 is 23.5. The van der Waals surface area contributed by atoms with Crippen molar-refractivity contribution in [3.05, 3.63) is 93.4 Å². The Morgan fingerprint density at radius 2 is 1.83 bits per heavy atom. The van der Waals surface area contributed by atoms with E-state index in [9.17, 15) is 4.79 Å². The minimum atomic E-state index is -0.407. The Labute approximate surface area is 223 Å². The number of halogens is 2. The molecule has 0 unspecified atom stereocenters. The van der Waals surface area contributed by atoms with E-state index in [2.05, 4.69) is 33.0 Å². The second-order valence-electron chi connectivity index (χ2n) is 7.34. The molecule has 0 saturated carbocycles. The third-order valence-electron chi connectivity index (χ3n) is 4.79. The quantitative estimate of drug-likeness (QED) is 0.154. The fourth-order valence-corrected chi connectivity index (χ4v) is 3.64. The third-order valence-corrected chi connectivity index (χ3v) is 5.60. The van der Waals surface area contributed by atoms with E-state index < -0.39 is 5.91 Å². The molecule has 0 heterocycles. The molecule has 0 aliphatic carbocycles. The lowest BCUT2D eigenvalue weighted by atomic mass is 10.2. The van der Waals surface area contributed by atoms with Crippen LogP contribution < -0.4 is 24.4 Å². The first-order chi connectivity index (χ1) is 17.4. The molecule has 0 fully saturated rings. The number of methoxy groups -OCH3 is 1. The normalized spacial score (nSPS) is 10.7. The van der Waals surface area contributed by atoms with Gasteiger partial charge in [0, 0.05) is 10.0 Å². The number of nitrogens with zero attached hydrogens (tertiary/aromatic N) is 1. The number of benzene rings is 3. The van der Waals surface area contributed by atoms with E-state index in [0.717, 1.165) is 10.0 Å². The highest BCUT2D eigenvalue weighted by Crippen LogP contribution is 2.36. The van der Waals surface area contributed by atoms with E-state index in [-0.39, 0.29) is 0 Å². The number of amides is 1. The molecule has 188 valence electrons. The van der Waals surface area contributed by atoms with Crippen molar-refractivity contribution >= 4 is 39.7 Å². The van der Waals surface area contributed by atoms with Gasteiger partial charge in [0.2, 0.25) is 0 Å². The molecule has 3 rings (SSSR count). The zero-order chi connectivity index (χ0) is 25.9. The van der Waals surface area contributed by atoms with Crippen LogP contribution in [0.1, 0.15) is 28.4 Å². The van der Waals surface area contributed by atoms with Gasteiger partial charge in [-0.05, 0) is 60.5 Å². The lowest BCUT2D eigenvalue weighted by Gasteiger charge is -2.13. The second-order valence-corrected chi connectivity index (χ2v) is 8.67. The van der Waals surface area contributed by atoms with Crippen LogP contribution in [0.5, 0.6) is 23.0 Å². The van der Waals surface area contributed by atoms with Gasteiger partial charge in [-0.3, -0.25) is 4.79 Å². The molecule has 0 aliphatic heterocycles. The molecular weight excluding hydrogens is 548 g/mol. The van der Waals surface area contributed by atoms with Gasteiger partial charge in [-0.2, -0.15) is 5.10 Å². The summed E-state index contributed by atoms with van der Waals surface area (Å²) >= 11 is 9.86. The fourth-order valence-electron chi connectivity index (χ4n) is 3.11. The Morgan fingerprint density at radius 3 is 2.53 bits per heavy atom. The molecule has 7 nitrogen and oxygen atoms in total. The summed E-state index contributed by atoms with van der Waals surface area (Å²) in [5, 5.41) is 4.40. The monoisotopic (exact) mass is 572 g/mol. The van der Waals surface area contributed by atoms with E-state index in [1.807, 2.05) is 31.2 Å². The Bertz CT molecular complexity index is 1230. The standard InChI is InChI=1S/C27H26BrClN2O5/c1-4-12-35-23-11-8-20(15-24(23)34-5-2)27(32)31-30-16-19-13-22(29)26(25(14-19)33-3)36-17-18-6-9-21(28)10-7-18/h4,6-11,13-16H,1,5,12,17H2,2-3H3,(H,31,32)/b30-16+. The number of hydrogen-bond acceptors (Lipinski definition) is 6. The average molecular weight is 574 g/mol.